The van der Waals surface area contributed by atoms with Crippen LogP contribution in [0.1, 0.15) is 15.9 Å². The number of nitrogens with zero attached hydrogens (tertiary/aromatic N) is 1. The number of amides is 1. The summed E-state index contributed by atoms with van der Waals surface area (Å²) in [5, 5.41) is 2.86. The molecule has 1 aromatic heterocycles. The van der Waals surface area contributed by atoms with E-state index in [0.717, 1.165) is 5.56 Å². The Morgan fingerprint density at radius 1 is 1.11 bits per heavy atom. The van der Waals surface area contributed by atoms with Gasteiger partial charge in [0.25, 0.3) is 5.91 Å². The lowest BCUT2D eigenvalue weighted by atomic mass is 10.2. The first-order valence-corrected chi connectivity index (χ1v) is 8.34. The van der Waals surface area contributed by atoms with Crippen molar-refractivity contribution in [1.82, 2.24) is 10.3 Å². The third-order valence-electron chi connectivity index (χ3n) is 4.01. The molecule has 7 nitrogen and oxygen atoms in total. The number of carbonyl (C=O) groups excluding carboxylic acids is 1. The van der Waals surface area contributed by atoms with Crippen LogP contribution in [0.25, 0.3) is 0 Å². The molecule has 1 aliphatic heterocycles. The minimum absolute atomic E-state index is 0.182. The van der Waals surface area contributed by atoms with Crippen LogP contribution in [0.4, 0.5) is 5.69 Å². The first kappa shape index (κ1) is 16.7. The van der Waals surface area contributed by atoms with Crippen molar-refractivity contribution in [2.24, 2.45) is 0 Å². The van der Waals surface area contributed by atoms with Crippen LogP contribution in [-0.2, 0) is 6.54 Å². The Bertz CT molecular complexity index is 973. The van der Waals surface area contributed by atoms with Gasteiger partial charge in [0.15, 0.2) is 11.5 Å². The second-order valence-corrected chi connectivity index (χ2v) is 5.90. The molecule has 2 aromatic carbocycles. The van der Waals surface area contributed by atoms with Crippen LogP contribution in [0.3, 0.4) is 0 Å². The number of ether oxygens (including phenoxy) is 3. The molecular weight excluding hydrogens is 346 g/mol. The van der Waals surface area contributed by atoms with Crippen molar-refractivity contribution < 1.29 is 19.0 Å². The maximum atomic E-state index is 12.6. The molecular formula is C20H17N3O4. The van der Waals surface area contributed by atoms with Crippen LogP contribution in [0.2, 0.25) is 0 Å². The predicted molar refractivity (Wildman–Crippen MR) is 98.9 cm³/mol. The van der Waals surface area contributed by atoms with Gasteiger partial charge < -0.3 is 25.3 Å². The highest BCUT2D eigenvalue weighted by Gasteiger charge is 2.17. The Balaban J connectivity index is 1.48. The number of fused-ring (bicyclic) bond motifs is 1. The summed E-state index contributed by atoms with van der Waals surface area (Å²) in [5.74, 6) is 1.69. The molecule has 0 aliphatic carbocycles. The topological polar surface area (TPSA) is 95.7 Å². The zero-order valence-corrected chi connectivity index (χ0v) is 14.3. The van der Waals surface area contributed by atoms with Crippen LogP contribution in [0.15, 0.2) is 60.8 Å². The Hall–Kier alpha value is -3.74. The smallest absolute Gasteiger partial charge is 0.257 e. The van der Waals surface area contributed by atoms with E-state index in [1.54, 1.807) is 48.7 Å². The van der Waals surface area contributed by atoms with Crippen LogP contribution < -0.4 is 25.3 Å². The summed E-state index contributed by atoms with van der Waals surface area (Å²) in [6, 6.07) is 15.8. The molecule has 2 heterocycles. The van der Waals surface area contributed by atoms with Crippen molar-refractivity contribution in [3.8, 4) is 23.1 Å². The number of nitrogens with two attached hydrogens (primary N) is 1. The van der Waals surface area contributed by atoms with Gasteiger partial charge in [0.1, 0.15) is 11.3 Å². The fraction of sp³-hybridized carbons (Fsp3) is 0.100. The van der Waals surface area contributed by atoms with Gasteiger partial charge in [-0.3, -0.25) is 4.79 Å². The molecule has 0 spiro atoms. The van der Waals surface area contributed by atoms with E-state index in [9.17, 15) is 4.79 Å². The number of hydrogen-bond acceptors (Lipinski definition) is 6. The van der Waals surface area contributed by atoms with Crippen molar-refractivity contribution in [3.63, 3.8) is 0 Å². The number of carbonyl (C=O) groups is 1. The molecule has 3 aromatic rings. The summed E-state index contributed by atoms with van der Waals surface area (Å²) in [6.45, 7) is 0.554. The Labute approximate surface area is 155 Å². The number of anilines is 1. The van der Waals surface area contributed by atoms with Gasteiger partial charge in [-0.25, -0.2) is 4.98 Å². The second-order valence-electron chi connectivity index (χ2n) is 5.90. The number of pyridine rings is 1. The number of nitrogen functional groups attached to an aromatic ring is 1. The van der Waals surface area contributed by atoms with E-state index >= 15 is 0 Å². The molecule has 27 heavy (non-hydrogen) atoms. The van der Waals surface area contributed by atoms with E-state index in [-0.39, 0.29) is 18.6 Å². The molecule has 3 N–H and O–H groups in total. The average molecular weight is 363 g/mol. The van der Waals surface area contributed by atoms with Gasteiger partial charge in [-0.2, -0.15) is 0 Å². The molecule has 7 heteroatoms. The van der Waals surface area contributed by atoms with E-state index < -0.39 is 0 Å². The van der Waals surface area contributed by atoms with Crippen molar-refractivity contribution in [2.45, 2.75) is 6.54 Å². The van der Waals surface area contributed by atoms with Gasteiger partial charge in [-0.05, 0) is 42.0 Å². The Morgan fingerprint density at radius 3 is 2.78 bits per heavy atom. The maximum absolute atomic E-state index is 12.6. The van der Waals surface area contributed by atoms with Crippen molar-refractivity contribution in [2.75, 3.05) is 12.5 Å². The van der Waals surface area contributed by atoms with Gasteiger partial charge in [-0.1, -0.05) is 12.1 Å². The van der Waals surface area contributed by atoms with E-state index in [0.29, 0.717) is 35.0 Å². The highest BCUT2D eigenvalue weighted by molar-refractivity contribution is 5.96. The van der Waals surface area contributed by atoms with E-state index in [2.05, 4.69) is 10.3 Å². The normalized spacial score (nSPS) is 11.9. The molecule has 0 bridgehead atoms. The third-order valence-corrected chi connectivity index (χ3v) is 4.01. The number of hydrogen-bond donors (Lipinski definition) is 2. The summed E-state index contributed by atoms with van der Waals surface area (Å²) in [5.41, 5.74) is 7.63. The molecule has 0 saturated carbocycles. The molecule has 1 aliphatic rings. The molecule has 0 atom stereocenters. The van der Waals surface area contributed by atoms with E-state index in [1.807, 2.05) is 12.1 Å². The molecule has 0 radical (unpaired) electrons. The zero-order valence-electron chi connectivity index (χ0n) is 14.3. The number of rotatable bonds is 5. The van der Waals surface area contributed by atoms with Crippen LogP contribution in [0, 0.1) is 0 Å². The zero-order chi connectivity index (χ0) is 18.6. The summed E-state index contributed by atoms with van der Waals surface area (Å²) >= 11 is 0. The minimum atomic E-state index is -0.282. The van der Waals surface area contributed by atoms with Gasteiger partial charge in [0, 0.05) is 24.5 Å². The summed E-state index contributed by atoms with van der Waals surface area (Å²) in [6.07, 6.45) is 1.57. The fourth-order valence-corrected chi connectivity index (χ4v) is 2.61. The number of aromatic nitrogens is 1. The predicted octanol–water partition coefficient (Wildman–Crippen LogP) is 3.11. The Kier molecular flexibility index (Phi) is 4.49. The lowest BCUT2D eigenvalue weighted by Crippen LogP contribution is -2.23. The molecule has 0 unspecified atom stereocenters. The lowest BCUT2D eigenvalue weighted by molar-refractivity contribution is 0.0948. The minimum Gasteiger partial charge on any atom is -0.454 e. The molecule has 0 fully saturated rings. The fourth-order valence-electron chi connectivity index (χ4n) is 2.61. The molecule has 0 saturated heterocycles. The van der Waals surface area contributed by atoms with Crippen molar-refractivity contribution in [3.05, 3.63) is 71.9 Å². The highest BCUT2D eigenvalue weighted by Crippen LogP contribution is 2.36. The van der Waals surface area contributed by atoms with Crippen molar-refractivity contribution in [1.29, 1.82) is 0 Å². The summed E-state index contributed by atoms with van der Waals surface area (Å²) in [7, 11) is 0. The van der Waals surface area contributed by atoms with Crippen molar-refractivity contribution >= 4 is 11.6 Å². The van der Waals surface area contributed by atoms with Crippen LogP contribution >= 0.6 is 0 Å². The lowest BCUT2D eigenvalue weighted by Gasteiger charge is -2.11. The number of nitrogens with one attached hydrogen (secondary N) is 1. The monoisotopic (exact) mass is 363 g/mol. The standard InChI is InChI=1S/C20H17N3O4/c21-14-5-3-13(4-6-14)11-23-19(24)16-2-1-9-22-20(16)27-15-7-8-17-18(10-15)26-12-25-17/h1-10H,11-12,21H2,(H,23,24). The van der Waals surface area contributed by atoms with Crippen LogP contribution in [-0.4, -0.2) is 17.7 Å². The van der Waals surface area contributed by atoms with E-state index in [4.69, 9.17) is 19.9 Å². The highest BCUT2D eigenvalue weighted by atomic mass is 16.7. The second kappa shape index (κ2) is 7.25. The van der Waals surface area contributed by atoms with Gasteiger partial charge in [-0.15, -0.1) is 0 Å². The summed E-state index contributed by atoms with van der Waals surface area (Å²) < 4.78 is 16.4. The van der Waals surface area contributed by atoms with Crippen LogP contribution in [0.5, 0.6) is 23.1 Å². The number of benzene rings is 2. The molecule has 1 amide bonds. The largest absolute Gasteiger partial charge is 0.454 e. The maximum Gasteiger partial charge on any atom is 0.257 e. The molecule has 136 valence electrons. The Morgan fingerprint density at radius 2 is 1.93 bits per heavy atom. The van der Waals surface area contributed by atoms with E-state index in [1.165, 1.54) is 0 Å². The average Bonchev–Trinajstić information content (AvgIpc) is 3.15. The first-order chi connectivity index (χ1) is 13.2. The SMILES string of the molecule is Nc1ccc(CNC(=O)c2cccnc2Oc2ccc3c(c2)OCO3)cc1. The summed E-state index contributed by atoms with van der Waals surface area (Å²) in [4.78, 5) is 16.8. The van der Waals surface area contributed by atoms with Gasteiger partial charge in [0.05, 0.1) is 0 Å². The van der Waals surface area contributed by atoms with Gasteiger partial charge in [0.2, 0.25) is 12.7 Å². The first-order valence-electron chi connectivity index (χ1n) is 8.34. The third kappa shape index (κ3) is 3.77. The van der Waals surface area contributed by atoms with Gasteiger partial charge >= 0.3 is 0 Å². The quantitative estimate of drug-likeness (QED) is 0.676. The molecule has 4 rings (SSSR count).